The predicted octanol–water partition coefficient (Wildman–Crippen LogP) is 2.91. The highest BCUT2D eigenvalue weighted by Crippen LogP contribution is 2.60. The van der Waals surface area contributed by atoms with Gasteiger partial charge < -0.3 is 19.8 Å². The van der Waals surface area contributed by atoms with Crippen LogP contribution >= 0.6 is 24.0 Å². The van der Waals surface area contributed by atoms with E-state index in [9.17, 15) is 0 Å². The number of hydrogen-bond donors (Lipinski definition) is 2. The Bertz CT molecular complexity index is 540. The van der Waals surface area contributed by atoms with Crippen molar-refractivity contribution in [2.45, 2.75) is 50.8 Å². The van der Waals surface area contributed by atoms with E-state index in [0.717, 1.165) is 24.7 Å². The lowest BCUT2D eigenvalue weighted by molar-refractivity contribution is -0.125. The van der Waals surface area contributed by atoms with Crippen LogP contribution in [0.3, 0.4) is 0 Å². The first kappa shape index (κ1) is 17.1. The van der Waals surface area contributed by atoms with Crippen LogP contribution in [0.25, 0.3) is 0 Å². The molecule has 1 aliphatic heterocycles. The summed E-state index contributed by atoms with van der Waals surface area (Å²) in [5.74, 6) is 1.55. The summed E-state index contributed by atoms with van der Waals surface area (Å²) in [6, 6.07) is 2.49. The lowest BCUT2D eigenvalue weighted by Crippen LogP contribution is -2.69. The minimum Gasteiger partial charge on any atom is -0.472 e. The molecular formula is C17H26IN3O2. The molecule has 3 fully saturated rings. The molecule has 2 saturated carbocycles. The number of ether oxygens (including phenoxy) is 1. The van der Waals surface area contributed by atoms with Crippen molar-refractivity contribution in [2.75, 3.05) is 13.7 Å². The van der Waals surface area contributed by atoms with Crippen molar-refractivity contribution < 1.29 is 9.15 Å². The molecule has 6 heteroatoms. The number of fused-ring (bicyclic) bond motifs is 2. The number of hydrogen-bond acceptors (Lipinski definition) is 3. The van der Waals surface area contributed by atoms with Crippen molar-refractivity contribution in [1.29, 1.82) is 0 Å². The molecule has 4 rings (SSSR count). The van der Waals surface area contributed by atoms with Gasteiger partial charge in [0.05, 0.1) is 18.6 Å². The van der Waals surface area contributed by atoms with Gasteiger partial charge in [-0.05, 0) is 25.3 Å². The van der Waals surface area contributed by atoms with E-state index in [1.165, 1.54) is 32.1 Å². The lowest BCUT2D eigenvalue weighted by Gasteiger charge is -2.57. The first-order valence-corrected chi connectivity index (χ1v) is 8.43. The molecule has 3 unspecified atom stereocenters. The van der Waals surface area contributed by atoms with Gasteiger partial charge in [-0.3, -0.25) is 4.99 Å². The Morgan fingerprint density at radius 1 is 1.39 bits per heavy atom. The molecule has 128 valence electrons. The monoisotopic (exact) mass is 431 g/mol. The summed E-state index contributed by atoms with van der Waals surface area (Å²) in [6.45, 7) is 1.66. The molecule has 23 heavy (non-hydrogen) atoms. The number of halogens is 1. The van der Waals surface area contributed by atoms with E-state index < -0.39 is 0 Å². The Hall–Kier alpha value is -0.760. The quantitative estimate of drug-likeness (QED) is 0.439. The maximum Gasteiger partial charge on any atom is 0.191 e. The van der Waals surface area contributed by atoms with Gasteiger partial charge in [0.25, 0.3) is 0 Å². The van der Waals surface area contributed by atoms with Gasteiger partial charge in [-0.25, -0.2) is 0 Å². The molecule has 1 saturated heterocycles. The minimum atomic E-state index is 0. The second kappa shape index (κ2) is 7.01. The van der Waals surface area contributed by atoms with Crippen molar-refractivity contribution in [2.24, 2.45) is 16.3 Å². The van der Waals surface area contributed by atoms with Gasteiger partial charge in [0.15, 0.2) is 5.96 Å². The molecule has 2 N–H and O–H groups in total. The second-order valence-electron chi connectivity index (χ2n) is 6.86. The predicted molar refractivity (Wildman–Crippen MR) is 100.0 cm³/mol. The van der Waals surface area contributed by atoms with Gasteiger partial charge in [-0.15, -0.1) is 24.0 Å². The summed E-state index contributed by atoms with van der Waals surface area (Å²) in [7, 11) is 1.84. The number of nitrogens with one attached hydrogen (secondary N) is 2. The molecule has 0 bridgehead atoms. The molecule has 1 aromatic rings. The van der Waals surface area contributed by atoms with E-state index in [1.54, 1.807) is 12.5 Å². The highest BCUT2D eigenvalue weighted by Gasteiger charge is 2.65. The summed E-state index contributed by atoms with van der Waals surface area (Å²) < 4.78 is 11.2. The van der Waals surface area contributed by atoms with E-state index in [4.69, 9.17) is 9.15 Å². The van der Waals surface area contributed by atoms with Gasteiger partial charge in [0.1, 0.15) is 0 Å². The van der Waals surface area contributed by atoms with Crippen LogP contribution in [-0.4, -0.2) is 31.8 Å². The maximum absolute atomic E-state index is 6.04. The fourth-order valence-electron chi connectivity index (χ4n) is 4.83. The second-order valence-corrected chi connectivity index (χ2v) is 6.86. The smallest absolute Gasteiger partial charge is 0.191 e. The average Bonchev–Trinajstić information content (AvgIpc) is 3.27. The fraction of sp³-hybridized carbons (Fsp3) is 0.706. The van der Waals surface area contributed by atoms with Crippen molar-refractivity contribution >= 4 is 29.9 Å². The van der Waals surface area contributed by atoms with E-state index in [-0.39, 0.29) is 24.0 Å². The van der Waals surface area contributed by atoms with Gasteiger partial charge in [0.2, 0.25) is 0 Å². The molecule has 3 aliphatic rings. The topological polar surface area (TPSA) is 58.8 Å². The molecule has 5 nitrogen and oxygen atoms in total. The van der Waals surface area contributed by atoms with Crippen LogP contribution in [0.2, 0.25) is 0 Å². The normalized spacial score (nSPS) is 31.3. The van der Waals surface area contributed by atoms with Gasteiger partial charge in [0, 0.05) is 43.1 Å². The van der Waals surface area contributed by atoms with Crippen molar-refractivity contribution in [1.82, 2.24) is 10.6 Å². The number of furan rings is 1. The SMILES string of the molecule is CN=C(NCc1ccoc1)NC1C2CCOC2C12CCCC2.I. The average molecular weight is 431 g/mol. The third-order valence-electron chi connectivity index (χ3n) is 5.84. The third-order valence-corrected chi connectivity index (χ3v) is 5.84. The number of aliphatic imine (C=N–C) groups is 1. The van der Waals surface area contributed by atoms with Crippen molar-refractivity contribution in [3.63, 3.8) is 0 Å². The molecule has 0 aromatic carbocycles. The molecular weight excluding hydrogens is 405 g/mol. The Kier molecular flexibility index (Phi) is 5.20. The summed E-state index contributed by atoms with van der Waals surface area (Å²) in [5, 5.41) is 7.09. The summed E-state index contributed by atoms with van der Waals surface area (Å²) >= 11 is 0. The fourth-order valence-corrected chi connectivity index (χ4v) is 4.83. The Balaban J connectivity index is 0.00000156. The van der Waals surface area contributed by atoms with E-state index >= 15 is 0 Å². The molecule has 1 aromatic heterocycles. The minimum absolute atomic E-state index is 0. The zero-order valence-electron chi connectivity index (χ0n) is 13.6. The van der Waals surface area contributed by atoms with Crippen molar-refractivity contribution in [3.8, 4) is 0 Å². The number of rotatable bonds is 3. The summed E-state index contributed by atoms with van der Waals surface area (Å²) in [5.41, 5.74) is 1.49. The third kappa shape index (κ3) is 2.88. The first-order valence-electron chi connectivity index (χ1n) is 8.43. The summed E-state index contributed by atoms with van der Waals surface area (Å²) in [6.07, 6.45) is 10.4. The van der Waals surface area contributed by atoms with Crippen LogP contribution in [0.15, 0.2) is 28.0 Å². The van der Waals surface area contributed by atoms with Crippen LogP contribution in [0.1, 0.15) is 37.7 Å². The molecule has 3 atom stereocenters. The van der Waals surface area contributed by atoms with Gasteiger partial charge in [-0.1, -0.05) is 12.8 Å². The first-order chi connectivity index (χ1) is 10.8. The van der Waals surface area contributed by atoms with E-state index in [2.05, 4.69) is 15.6 Å². The largest absolute Gasteiger partial charge is 0.472 e. The van der Waals surface area contributed by atoms with Crippen LogP contribution in [0.5, 0.6) is 0 Å². The van der Waals surface area contributed by atoms with Crippen LogP contribution in [0, 0.1) is 11.3 Å². The molecule has 2 heterocycles. The van der Waals surface area contributed by atoms with Crippen molar-refractivity contribution in [3.05, 3.63) is 24.2 Å². The summed E-state index contributed by atoms with van der Waals surface area (Å²) in [4.78, 5) is 4.40. The Morgan fingerprint density at radius 3 is 2.91 bits per heavy atom. The number of guanidine groups is 1. The molecule has 0 radical (unpaired) electrons. The van der Waals surface area contributed by atoms with Crippen LogP contribution in [-0.2, 0) is 11.3 Å². The highest BCUT2D eigenvalue weighted by molar-refractivity contribution is 14.0. The van der Waals surface area contributed by atoms with Gasteiger partial charge in [-0.2, -0.15) is 0 Å². The Labute approximate surface area is 154 Å². The van der Waals surface area contributed by atoms with Crippen LogP contribution in [0.4, 0.5) is 0 Å². The highest BCUT2D eigenvalue weighted by atomic mass is 127. The van der Waals surface area contributed by atoms with Crippen LogP contribution < -0.4 is 10.6 Å². The Morgan fingerprint density at radius 2 is 2.22 bits per heavy atom. The molecule has 1 spiro atoms. The maximum atomic E-state index is 6.04. The molecule has 2 aliphatic carbocycles. The zero-order valence-corrected chi connectivity index (χ0v) is 15.9. The zero-order chi connectivity index (χ0) is 15.0. The molecule has 0 amide bonds. The standard InChI is InChI=1S/C17H25N3O2.HI/c1-18-16(19-10-12-4-8-21-11-12)20-14-13-5-9-22-15(13)17(14)6-2-3-7-17;/h4,8,11,13-15H,2-3,5-7,9-10H2,1H3,(H2,18,19,20);1H. The van der Waals surface area contributed by atoms with E-state index in [0.29, 0.717) is 23.5 Å². The van der Waals surface area contributed by atoms with E-state index in [1.807, 2.05) is 13.1 Å². The number of nitrogens with zero attached hydrogens (tertiary/aromatic N) is 1. The lowest BCUT2D eigenvalue weighted by atomic mass is 9.54. The van der Waals surface area contributed by atoms with Gasteiger partial charge >= 0.3 is 0 Å².